The summed E-state index contributed by atoms with van der Waals surface area (Å²) in [6.45, 7) is -0.0985. The molecule has 0 aliphatic rings. The molecule has 0 unspecified atom stereocenters. The molecule has 19 heavy (non-hydrogen) atoms. The molecule has 5 heteroatoms. The lowest BCUT2D eigenvalue weighted by atomic mass is 10.2. The van der Waals surface area contributed by atoms with Crippen LogP contribution in [0.3, 0.4) is 0 Å². The molecule has 0 atom stereocenters. The number of aliphatic hydroxyl groups is 1. The molecular formula is C14H14FNO3. The minimum absolute atomic E-state index is 0.0985. The Morgan fingerprint density at radius 3 is 2.58 bits per heavy atom. The summed E-state index contributed by atoms with van der Waals surface area (Å²) in [7, 11) is 1.48. The van der Waals surface area contributed by atoms with Gasteiger partial charge in [-0.3, -0.25) is 0 Å². The lowest BCUT2D eigenvalue weighted by molar-refractivity contribution is 0.280. The molecule has 0 spiro atoms. The molecule has 0 aliphatic heterocycles. The largest absolute Gasteiger partial charge is 0.493 e. The highest BCUT2D eigenvalue weighted by molar-refractivity contribution is 5.55. The van der Waals surface area contributed by atoms with Crippen LogP contribution in [0.5, 0.6) is 17.2 Å². The third-order valence-electron chi connectivity index (χ3n) is 2.61. The van der Waals surface area contributed by atoms with Gasteiger partial charge in [-0.25, -0.2) is 4.39 Å². The monoisotopic (exact) mass is 263 g/mol. The first-order chi connectivity index (χ1) is 9.13. The maximum Gasteiger partial charge on any atom is 0.169 e. The Hall–Kier alpha value is -2.27. The smallest absolute Gasteiger partial charge is 0.169 e. The zero-order chi connectivity index (χ0) is 13.8. The van der Waals surface area contributed by atoms with Crippen molar-refractivity contribution in [3.05, 3.63) is 47.8 Å². The van der Waals surface area contributed by atoms with E-state index in [0.29, 0.717) is 22.7 Å². The highest BCUT2D eigenvalue weighted by Crippen LogP contribution is 2.35. The number of ether oxygens (including phenoxy) is 2. The van der Waals surface area contributed by atoms with Crippen molar-refractivity contribution in [1.82, 2.24) is 0 Å². The van der Waals surface area contributed by atoms with Gasteiger partial charge in [-0.1, -0.05) is 6.07 Å². The fourth-order valence-corrected chi connectivity index (χ4v) is 1.61. The quantitative estimate of drug-likeness (QED) is 0.832. The maximum absolute atomic E-state index is 13.2. The predicted molar refractivity (Wildman–Crippen MR) is 69.8 cm³/mol. The number of hydrogen-bond donors (Lipinski definition) is 2. The molecule has 4 nitrogen and oxygen atoms in total. The van der Waals surface area contributed by atoms with Crippen molar-refractivity contribution in [3.63, 3.8) is 0 Å². The number of aliphatic hydroxyl groups excluding tert-OH is 1. The molecule has 100 valence electrons. The van der Waals surface area contributed by atoms with Crippen molar-refractivity contribution >= 4 is 5.69 Å². The molecule has 3 N–H and O–H groups in total. The molecule has 2 aromatic rings. The third kappa shape index (κ3) is 2.95. The van der Waals surface area contributed by atoms with Crippen LogP contribution < -0.4 is 15.2 Å². The SMILES string of the molecule is COc1cc(CO)ccc1Oc1cc(F)ccc1N. The zero-order valence-electron chi connectivity index (χ0n) is 10.4. The molecule has 0 radical (unpaired) electrons. The summed E-state index contributed by atoms with van der Waals surface area (Å²) in [4.78, 5) is 0. The first-order valence-corrected chi connectivity index (χ1v) is 5.64. The minimum Gasteiger partial charge on any atom is -0.493 e. The summed E-state index contributed by atoms with van der Waals surface area (Å²) in [5, 5.41) is 9.05. The first-order valence-electron chi connectivity index (χ1n) is 5.64. The summed E-state index contributed by atoms with van der Waals surface area (Å²) >= 11 is 0. The Kier molecular flexibility index (Phi) is 3.87. The number of nitrogens with two attached hydrogens (primary N) is 1. The van der Waals surface area contributed by atoms with Crippen molar-refractivity contribution in [2.24, 2.45) is 0 Å². The molecule has 0 amide bonds. The van der Waals surface area contributed by atoms with Gasteiger partial charge in [0.25, 0.3) is 0 Å². The van der Waals surface area contributed by atoms with E-state index in [2.05, 4.69) is 0 Å². The number of hydrogen-bond acceptors (Lipinski definition) is 4. The Balaban J connectivity index is 2.35. The van der Waals surface area contributed by atoms with Gasteiger partial charge in [0.2, 0.25) is 0 Å². The van der Waals surface area contributed by atoms with E-state index in [1.54, 1.807) is 18.2 Å². The molecular weight excluding hydrogens is 249 g/mol. The Bertz CT molecular complexity index is 587. The van der Waals surface area contributed by atoms with E-state index in [1.807, 2.05) is 0 Å². The van der Waals surface area contributed by atoms with E-state index in [1.165, 1.54) is 25.3 Å². The molecule has 0 fully saturated rings. The van der Waals surface area contributed by atoms with Crippen LogP contribution in [0.25, 0.3) is 0 Å². The molecule has 0 aliphatic carbocycles. The van der Waals surface area contributed by atoms with Gasteiger partial charge in [0.15, 0.2) is 17.2 Å². The number of methoxy groups -OCH3 is 1. The predicted octanol–water partition coefficient (Wildman–Crippen LogP) is 2.70. The van der Waals surface area contributed by atoms with Crippen LogP contribution in [-0.4, -0.2) is 12.2 Å². The van der Waals surface area contributed by atoms with Crippen LogP contribution in [0.2, 0.25) is 0 Å². The molecule has 0 saturated heterocycles. The van der Waals surface area contributed by atoms with Gasteiger partial charge in [0, 0.05) is 6.07 Å². The third-order valence-corrected chi connectivity index (χ3v) is 2.61. The lowest BCUT2D eigenvalue weighted by Gasteiger charge is -2.12. The average molecular weight is 263 g/mol. The number of benzene rings is 2. The Morgan fingerprint density at radius 2 is 1.89 bits per heavy atom. The topological polar surface area (TPSA) is 64.7 Å². The fourth-order valence-electron chi connectivity index (χ4n) is 1.61. The average Bonchev–Trinajstić information content (AvgIpc) is 2.43. The van der Waals surface area contributed by atoms with Gasteiger partial charge in [-0.2, -0.15) is 0 Å². The highest BCUT2D eigenvalue weighted by Gasteiger charge is 2.09. The van der Waals surface area contributed by atoms with Crippen molar-refractivity contribution in [2.45, 2.75) is 6.61 Å². The second kappa shape index (κ2) is 5.58. The summed E-state index contributed by atoms with van der Waals surface area (Å²) in [5.74, 6) is 0.623. The van der Waals surface area contributed by atoms with Crippen LogP contribution in [0, 0.1) is 5.82 Å². The van der Waals surface area contributed by atoms with E-state index < -0.39 is 5.82 Å². The maximum atomic E-state index is 13.2. The molecule has 2 aromatic carbocycles. The summed E-state index contributed by atoms with van der Waals surface area (Å²) in [6, 6.07) is 8.86. The van der Waals surface area contributed by atoms with E-state index >= 15 is 0 Å². The zero-order valence-corrected chi connectivity index (χ0v) is 10.4. The second-order valence-corrected chi connectivity index (χ2v) is 3.93. The van der Waals surface area contributed by atoms with Crippen LogP contribution in [0.4, 0.5) is 10.1 Å². The summed E-state index contributed by atoms with van der Waals surface area (Å²) < 4.78 is 23.9. The molecule has 0 aromatic heterocycles. The first kappa shape index (κ1) is 13.2. The van der Waals surface area contributed by atoms with Gasteiger partial charge in [-0.05, 0) is 29.8 Å². The highest BCUT2D eigenvalue weighted by atomic mass is 19.1. The normalized spacial score (nSPS) is 10.3. The van der Waals surface area contributed by atoms with Crippen LogP contribution in [0.1, 0.15) is 5.56 Å². The molecule has 2 rings (SSSR count). The number of rotatable bonds is 4. The second-order valence-electron chi connectivity index (χ2n) is 3.93. The van der Waals surface area contributed by atoms with Crippen molar-refractivity contribution in [2.75, 3.05) is 12.8 Å². The van der Waals surface area contributed by atoms with Crippen LogP contribution >= 0.6 is 0 Å². The lowest BCUT2D eigenvalue weighted by Crippen LogP contribution is -1.96. The molecule has 0 saturated carbocycles. The van der Waals surface area contributed by atoms with Gasteiger partial charge in [-0.15, -0.1) is 0 Å². The van der Waals surface area contributed by atoms with Crippen LogP contribution in [-0.2, 0) is 6.61 Å². The van der Waals surface area contributed by atoms with Crippen molar-refractivity contribution < 1.29 is 19.0 Å². The van der Waals surface area contributed by atoms with E-state index in [0.717, 1.165) is 0 Å². The van der Waals surface area contributed by atoms with E-state index in [4.69, 9.17) is 20.3 Å². The Morgan fingerprint density at radius 1 is 1.11 bits per heavy atom. The van der Waals surface area contributed by atoms with Crippen molar-refractivity contribution in [1.29, 1.82) is 0 Å². The fraction of sp³-hybridized carbons (Fsp3) is 0.143. The summed E-state index contributed by atoms with van der Waals surface area (Å²) in [6.07, 6.45) is 0. The number of anilines is 1. The number of nitrogen functional groups attached to an aromatic ring is 1. The summed E-state index contributed by atoms with van der Waals surface area (Å²) in [5.41, 5.74) is 6.73. The van der Waals surface area contributed by atoms with Gasteiger partial charge in [0.1, 0.15) is 5.82 Å². The van der Waals surface area contributed by atoms with E-state index in [9.17, 15) is 4.39 Å². The van der Waals surface area contributed by atoms with Gasteiger partial charge >= 0.3 is 0 Å². The van der Waals surface area contributed by atoms with Gasteiger partial charge in [0.05, 0.1) is 19.4 Å². The van der Waals surface area contributed by atoms with E-state index in [-0.39, 0.29) is 12.4 Å². The van der Waals surface area contributed by atoms with Gasteiger partial charge < -0.3 is 20.3 Å². The standard InChI is InChI=1S/C14H14FNO3/c1-18-14-6-9(8-17)2-5-12(14)19-13-7-10(15)3-4-11(13)16/h2-7,17H,8,16H2,1H3. The molecule has 0 bridgehead atoms. The molecule has 0 heterocycles. The van der Waals surface area contributed by atoms with Crippen molar-refractivity contribution in [3.8, 4) is 17.2 Å². The number of halogens is 1. The Labute approximate surface area is 110 Å². The van der Waals surface area contributed by atoms with Crippen LogP contribution in [0.15, 0.2) is 36.4 Å². The minimum atomic E-state index is -0.435.